The Morgan fingerprint density at radius 1 is 1.07 bits per heavy atom. The predicted molar refractivity (Wildman–Crippen MR) is 111 cm³/mol. The van der Waals surface area contributed by atoms with Crippen LogP contribution in [-0.4, -0.2) is 60.4 Å². The van der Waals surface area contributed by atoms with Gasteiger partial charge in [0.2, 0.25) is 0 Å². The van der Waals surface area contributed by atoms with Gasteiger partial charge in [-0.05, 0) is 42.0 Å². The first-order valence-corrected chi connectivity index (χ1v) is 9.28. The Balaban J connectivity index is 1.56. The lowest BCUT2D eigenvalue weighted by molar-refractivity contribution is 0.177. The molecule has 1 heterocycles. The van der Waals surface area contributed by atoms with Crippen molar-refractivity contribution in [2.45, 2.75) is 6.54 Å². The van der Waals surface area contributed by atoms with E-state index in [1.807, 2.05) is 36.4 Å². The first kappa shape index (κ1) is 19.3. The van der Waals surface area contributed by atoms with Crippen LogP contribution in [0.15, 0.2) is 42.5 Å². The molecular formula is C20H25N3O3S. The third-order valence-electron chi connectivity index (χ3n) is 4.62. The molecule has 27 heavy (non-hydrogen) atoms. The number of nitrogens with one attached hydrogen (secondary N) is 1. The lowest BCUT2D eigenvalue weighted by Crippen LogP contribution is -2.49. The summed E-state index contributed by atoms with van der Waals surface area (Å²) in [6.45, 7) is 4.33. The molecule has 1 fully saturated rings. The van der Waals surface area contributed by atoms with Gasteiger partial charge in [-0.3, -0.25) is 4.90 Å². The van der Waals surface area contributed by atoms with Crippen molar-refractivity contribution in [3.05, 3.63) is 48.0 Å². The fourth-order valence-corrected chi connectivity index (χ4v) is 3.42. The quantitative estimate of drug-likeness (QED) is 0.765. The van der Waals surface area contributed by atoms with E-state index < -0.39 is 0 Å². The van der Waals surface area contributed by atoms with Crippen molar-refractivity contribution in [2.75, 3.05) is 45.7 Å². The average Bonchev–Trinajstić information content (AvgIpc) is 2.68. The van der Waals surface area contributed by atoms with E-state index in [2.05, 4.69) is 15.1 Å². The number of methoxy groups -OCH3 is 2. The Kier molecular flexibility index (Phi) is 6.36. The molecule has 0 amide bonds. The van der Waals surface area contributed by atoms with Crippen LogP contribution in [0.5, 0.6) is 17.2 Å². The number of anilines is 1. The largest absolute Gasteiger partial charge is 0.508 e. The Morgan fingerprint density at radius 3 is 2.52 bits per heavy atom. The molecule has 144 valence electrons. The topological polar surface area (TPSA) is 57.2 Å². The molecule has 0 saturated carbocycles. The molecule has 2 N–H and O–H groups in total. The van der Waals surface area contributed by atoms with E-state index in [4.69, 9.17) is 21.7 Å². The van der Waals surface area contributed by atoms with Crippen molar-refractivity contribution < 1.29 is 14.6 Å². The highest BCUT2D eigenvalue weighted by Gasteiger charge is 2.20. The smallest absolute Gasteiger partial charge is 0.173 e. The maximum absolute atomic E-state index is 9.61. The molecule has 0 aromatic heterocycles. The van der Waals surface area contributed by atoms with E-state index in [9.17, 15) is 5.11 Å². The second kappa shape index (κ2) is 8.92. The van der Waals surface area contributed by atoms with Gasteiger partial charge in [-0.15, -0.1) is 0 Å². The molecular weight excluding hydrogens is 362 g/mol. The number of benzene rings is 2. The van der Waals surface area contributed by atoms with Gasteiger partial charge >= 0.3 is 0 Å². The molecule has 0 radical (unpaired) electrons. The third-order valence-corrected chi connectivity index (χ3v) is 4.98. The number of hydrogen-bond acceptors (Lipinski definition) is 5. The number of thiocarbonyl (C=S) groups is 1. The Labute approximate surface area is 165 Å². The summed E-state index contributed by atoms with van der Waals surface area (Å²) >= 11 is 5.60. The van der Waals surface area contributed by atoms with Crippen LogP contribution in [0.1, 0.15) is 5.56 Å². The molecule has 2 aromatic rings. The zero-order valence-electron chi connectivity index (χ0n) is 15.6. The minimum absolute atomic E-state index is 0.309. The molecule has 1 saturated heterocycles. The molecule has 1 aliphatic heterocycles. The molecule has 0 atom stereocenters. The summed E-state index contributed by atoms with van der Waals surface area (Å²) in [5.74, 6) is 1.78. The van der Waals surface area contributed by atoms with E-state index >= 15 is 0 Å². The van der Waals surface area contributed by atoms with Crippen LogP contribution in [0.25, 0.3) is 0 Å². The van der Waals surface area contributed by atoms with Gasteiger partial charge in [0.05, 0.1) is 19.9 Å². The minimum Gasteiger partial charge on any atom is -0.508 e. The summed E-state index contributed by atoms with van der Waals surface area (Å²) in [4.78, 5) is 4.52. The summed E-state index contributed by atoms with van der Waals surface area (Å²) in [6, 6.07) is 13.0. The maximum Gasteiger partial charge on any atom is 0.173 e. The van der Waals surface area contributed by atoms with E-state index in [1.165, 1.54) is 0 Å². The van der Waals surface area contributed by atoms with Crippen molar-refractivity contribution in [3.63, 3.8) is 0 Å². The predicted octanol–water partition coefficient (Wildman–Crippen LogP) is 2.92. The van der Waals surface area contributed by atoms with Crippen LogP contribution in [0.3, 0.4) is 0 Å². The van der Waals surface area contributed by atoms with Gasteiger partial charge in [-0.25, -0.2) is 0 Å². The summed E-state index contributed by atoms with van der Waals surface area (Å²) in [5, 5.41) is 13.6. The fraction of sp³-hybridized carbons (Fsp3) is 0.350. The lowest BCUT2D eigenvalue weighted by Gasteiger charge is -2.36. The van der Waals surface area contributed by atoms with Gasteiger partial charge in [-0.1, -0.05) is 12.1 Å². The fourth-order valence-electron chi connectivity index (χ4n) is 3.13. The Hall–Kier alpha value is -2.51. The highest BCUT2D eigenvalue weighted by molar-refractivity contribution is 7.80. The van der Waals surface area contributed by atoms with Gasteiger partial charge < -0.3 is 24.8 Å². The molecule has 0 bridgehead atoms. The number of aromatic hydroxyl groups is 1. The van der Waals surface area contributed by atoms with E-state index in [0.717, 1.165) is 55.5 Å². The normalized spacial score (nSPS) is 14.7. The Morgan fingerprint density at radius 2 is 1.85 bits per heavy atom. The number of rotatable bonds is 5. The van der Waals surface area contributed by atoms with Crippen LogP contribution in [0, 0.1) is 0 Å². The molecule has 7 heteroatoms. The minimum atomic E-state index is 0.309. The SMILES string of the molecule is COc1ccc(OC)c(NC(=S)N2CCN(Cc3cccc(O)c3)CC2)c1. The number of nitrogens with zero attached hydrogens (tertiary/aromatic N) is 2. The van der Waals surface area contributed by atoms with E-state index in [0.29, 0.717) is 10.9 Å². The van der Waals surface area contributed by atoms with Gasteiger partial charge in [0.1, 0.15) is 17.2 Å². The van der Waals surface area contributed by atoms with Crippen LogP contribution >= 0.6 is 12.2 Å². The highest BCUT2D eigenvalue weighted by Crippen LogP contribution is 2.29. The van der Waals surface area contributed by atoms with Crippen molar-refractivity contribution in [1.29, 1.82) is 0 Å². The summed E-state index contributed by atoms with van der Waals surface area (Å²) < 4.78 is 10.7. The molecule has 6 nitrogen and oxygen atoms in total. The van der Waals surface area contributed by atoms with Gasteiger partial charge in [0.15, 0.2) is 5.11 Å². The molecule has 3 rings (SSSR count). The monoisotopic (exact) mass is 387 g/mol. The number of phenolic OH excluding ortho intramolecular Hbond substituents is 1. The average molecular weight is 388 g/mol. The third kappa shape index (κ3) is 5.02. The first-order chi connectivity index (χ1) is 13.1. The summed E-state index contributed by atoms with van der Waals surface area (Å²) in [5.41, 5.74) is 1.91. The number of ether oxygens (including phenoxy) is 2. The summed E-state index contributed by atoms with van der Waals surface area (Å²) in [6.07, 6.45) is 0. The Bertz CT molecular complexity index is 792. The molecule has 0 spiro atoms. The van der Waals surface area contributed by atoms with E-state index in [1.54, 1.807) is 20.3 Å². The van der Waals surface area contributed by atoms with Crippen LogP contribution in [-0.2, 0) is 6.54 Å². The number of hydrogen-bond donors (Lipinski definition) is 2. The lowest BCUT2D eigenvalue weighted by atomic mass is 10.2. The molecule has 1 aliphatic rings. The zero-order chi connectivity index (χ0) is 19.2. The second-order valence-corrected chi connectivity index (χ2v) is 6.82. The molecule has 0 unspecified atom stereocenters. The standard InChI is InChI=1S/C20H25N3O3S/c1-25-17-6-7-19(26-2)18(13-17)21-20(27)23-10-8-22(9-11-23)14-15-4-3-5-16(24)12-15/h3-7,12-13,24H,8-11,14H2,1-2H3,(H,21,27). The molecule has 0 aliphatic carbocycles. The summed E-state index contributed by atoms with van der Waals surface area (Å²) in [7, 11) is 3.27. The van der Waals surface area contributed by atoms with Crippen LogP contribution < -0.4 is 14.8 Å². The van der Waals surface area contributed by atoms with Crippen molar-refractivity contribution in [3.8, 4) is 17.2 Å². The zero-order valence-corrected chi connectivity index (χ0v) is 16.5. The highest BCUT2D eigenvalue weighted by atomic mass is 32.1. The van der Waals surface area contributed by atoms with Crippen molar-refractivity contribution in [1.82, 2.24) is 9.80 Å². The first-order valence-electron chi connectivity index (χ1n) is 8.87. The van der Waals surface area contributed by atoms with Crippen LogP contribution in [0.4, 0.5) is 5.69 Å². The number of phenols is 1. The van der Waals surface area contributed by atoms with Gasteiger partial charge in [-0.2, -0.15) is 0 Å². The number of piperazine rings is 1. The van der Waals surface area contributed by atoms with Gasteiger partial charge in [0, 0.05) is 38.8 Å². The second-order valence-electron chi connectivity index (χ2n) is 6.43. The maximum atomic E-state index is 9.61. The van der Waals surface area contributed by atoms with Crippen LogP contribution in [0.2, 0.25) is 0 Å². The van der Waals surface area contributed by atoms with Gasteiger partial charge in [0.25, 0.3) is 0 Å². The van der Waals surface area contributed by atoms with E-state index in [-0.39, 0.29) is 0 Å². The molecule has 2 aromatic carbocycles. The van der Waals surface area contributed by atoms with Crippen molar-refractivity contribution in [2.24, 2.45) is 0 Å². The van der Waals surface area contributed by atoms with Crippen molar-refractivity contribution >= 4 is 23.0 Å².